The maximum Gasteiger partial charge on any atom is 0.0631 e. The summed E-state index contributed by atoms with van der Waals surface area (Å²) in [6, 6.07) is 0. The maximum absolute atomic E-state index is 6.21. The van der Waals surface area contributed by atoms with Gasteiger partial charge in [-0.1, -0.05) is 25.7 Å². The lowest BCUT2D eigenvalue weighted by Gasteiger charge is -2.28. The molecule has 118 valence electrons. The molecule has 1 aliphatic heterocycles. The van der Waals surface area contributed by atoms with Gasteiger partial charge in [-0.25, -0.2) is 0 Å². The van der Waals surface area contributed by atoms with Gasteiger partial charge in [-0.2, -0.15) is 0 Å². The van der Waals surface area contributed by atoms with E-state index < -0.39 is 0 Å². The first kappa shape index (κ1) is 16.3. The number of rotatable bonds is 8. The number of methoxy groups -OCH3 is 1. The second-order valence-corrected chi connectivity index (χ2v) is 7.28. The number of ether oxygens (including phenoxy) is 2. The van der Waals surface area contributed by atoms with Gasteiger partial charge in [0.1, 0.15) is 0 Å². The van der Waals surface area contributed by atoms with E-state index in [-0.39, 0.29) is 5.60 Å². The van der Waals surface area contributed by atoms with Crippen molar-refractivity contribution in [1.82, 2.24) is 5.32 Å². The first-order chi connectivity index (χ1) is 9.61. The van der Waals surface area contributed by atoms with Crippen LogP contribution in [0.3, 0.4) is 0 Å². The molecule has 2 fully saturated rings. The summed E-state index contributed by atoms with van der Waals surface area (Å²) in [6.07, 6.45) is 9.89. The lowest BCUT2D eigenvalue weighted by Crippen LogP contribution is -2.32. The molecule has 3 heteroatoms. The van der Waals surface area contributed by atoms with Crippen molar-refractivity contribution < 1.29 is 9.47 Å². The van der Waals surface area contributed by atoms with Gasteiger partial charge in [0.05, 0.1) is 18.3 Å². The fraction of sp³-hybridized carbons (Fsp3) is 1.00. The Labute approximate surface area is 124 Å². The zero-order chi connectivity index (χ0) is 14.4. The summed E-state index contributed by atoms with van der Waals surface area (Å²) in [7, 11) is 1.77. The van der Waals surface area contributed by atoms with Crippen LogP contribution < -0.4 is 5.32 Å². The van der Waals surface area contributed by atoms with Gasteiger partial charge in [0.2, 0.25) is 0 Å². The van der Waals surface area contributed by atoms with Crippen molar-refractivity contribution in [2.75, 3.05) is 26.8 Å². The molecular weight excluding hydrogens is 250 g/mol. The summed E-state index contributed by atoms with van der Waals surface area (Å²) < 4.78 is 11.3. The van der Waals surface area contributed by atoms with Crippen molar-refractivity contribution >= 4 is 0 Å². The average molecular weight is 283 g/mol. The van der Waals surface area contributed by atoms with E-state index >= 15 is 0 Å². The van der Waals surface area contributed by atoms with Gasteiger partial charge in [-0.05, 0) is 51.5 Å². The highest BCUT2D eigenvalue weighted by molar-refractivity contribution is 4.85. The van der Waals surface area contributed by atoms with Gasteiger partial charge in [-0.15, -0.1) is 0 Å². The van der Waals surface area contributed by atoms with Crippen LogP contribution in [0, 0.1) is 11.8 Å². The van der Waals surface area contributed by atoms with E-state index in [1.54, 1.807) is 7.11 Å². The Morgan fingerprint density at radius 1 is 1.25 bits per heavy atom. The van der Waals surface area contributed by atoms with E-state index in [1.807, 2.05) is 0 Å². The molecule has 20 heavy (non-hydrogen) atoms. The Hall–Kier alpha value is -0.120. The predicted molar refractivity (Wildman–Crippen MR) is 83.0 cm³/mol. The number of hydrogen-bond acceptors (Lipinski definition) is 3. The Kier molecular flexibility index (Phi) is 6.31. The van der Waals surface area contributed by atoms with E-state index in [1.165, 1.54) is 44.9 Å². The summed E-state index contributed by atoms with van der Waals surface area (Å²) in [6.45, 7) is 7.37. The van der Waals surface area contributed by atoms with Crippen molar-refractivity contribution in [1.29, 1.82) is 0 Å². The minimum atomic E-state index is 0.106. The third kappa shape index (κ3) is 5.01. The topological polar surface area (TPSA) is 30.5 Å². The standard InChI is InChI=1S/C17H33NO2/c1-17(2)9-8-16(20-17)12-15(13-18-10-11-19-3)14-6-4-5-7-14/h14-16,18H,4-13H2,1-3H3. The highest BCUT2D eigenvalue weighted by atomic mass is 16.5. The highest BCUT2D eigenvalue weighted by Crippen LogP contribution is 2.38. The molecule has 0 spiro atoms. The minimum Gasteiger partial charge on any atom is -0.383 e. The molecule has 2 rings (SSSR count). The second-order valence-electron chi connectivity index (χ2n) is 7.28. The monoisotopic (exact) mass is 283 g/mol. The molecule has 1 saturated carbocycles. The highest BCUT2D eigenvalue weighted by Gasteiger charge is 2.35. The molecule has 2 atom stereocenters. The molecule has 0 aromatic carbocycles. The van der Waals surface area contributed by atoms with Crippen LogP contribution in [-0.4, -0.2) is 38.5 Å². The summed E-state index contributed by atoms with van der Waals surface area (Å²) in [5.74, 6) is 1.70. The van der Waals surface area contributed by atoms with Gasteiger partial charge < -0.3 is 14.8 Å². The van der Waals surface area contributed by atoms with E-state index in [0.717, 1.165) is 31.5 Å². The normalized spacial score (nSPS) is 28.1. The largest absolute Gasteiger partial charge is 0.383 e. The average Bonchev–Trinajstić information content (AvgIpc) is 3.03. The van der Waals surface area contributed by atoms with Crippen molar-refractivity contribution in [2.24, 2.45) is 11.8 Å². The third-order valence-corrected chi connectivity index (χ3v) is 5.08. The van der Waals surface area contributed by atoms with Crippen molar-refractivity contribution in [3.63, 3.8) is 0 Å². The van der Waals surface area contributed by atoms with E-state index in [2.05, 4.69) is 19.2 Å². The van der Waals surface area contributed by atoms with Crippen molar-refractivity contribution in [3.8, 4) is 0 Å². The Balaban J connectivity index is 1.79. The number of hydrogen-bond donors (Lipinski definition) is 1. The lowest BCUT2D eigenvalue weighted by atomic mass is 9.85. The zero-order valence-corrected chi connectivity index (χ0v) is 13.6. The van der Waals surface area contributed by atoms with Crippen LogP contribution in [0.15, 0.2) is 0 Å². The molecule has 0 amide bonds. The molecule has 1 N–H and O–H groups in total. The molecule has 2 unspecified atom stereocenters. The minimum absolute atomic E-state index is 0.106. The molecule has 0 aromatic heterocycles. The first-order valence-electron chi connectivity index (χ1n) is 8.48. The second kappa shape index (κ2) is 7.77. The van der Waals surface area contributed by atoms with Crippen LogP contribution in [0.1, 0.15) is 58.8 Å². The fourth-order valence-corrected chi connectivity index (χ4v) is 3.91. The van der Waals surface area contributed by atoms with Crippen LogP contribution >= 0.6 is 0 Å². The van der Waals surface area contributed by atoms with Gasteiger partial charge in [0.15, 0.2) is 0 Å². The first-order valence-corrected chi connectivity index (χ1v) is 8.48. The van der Waals surface area contributed by atoms with Crippen LogP contribution in [0.25, 0.3) is 0 Å². The molecule has 0 bridgehead atoms. The van der Waals surface area contributed by atoms with Crippen LogP contribution in [0.5, 0.6) is 0 Å². The Morgan fingerprint density at radius 3 is 2.60 bits per heavy atom. The van der Waals surface area contributed by atoms with Crippen molar-refractivity contribution in [2.45, 2.75) is 70.5 Å². The van der Waals surface area contributed by atoms with Gasteiger partial charge >= 0.3 is 0 Å². The molecule has 3 nitrogen and oxygen atoms in total. The van der Waals surface area contributed by atoms with Gasteiger partial charge in [-0.3, -0.25) is 0 Å². The molecule has 1 aliphatic carbocycles. The third-order valence-electron chi connectivity index (χ3n) is 5.08. The quantitative estimate of drug-likeness (QED) is 0.693. The van der Waals surface area contributed by atoms with Gasteiger partial charge in [0, 0.05) is 13.7 Å². The molecule has 0 aromatic rings. The SMILES string of the molecule is COCCNCC(CC1CCC(C)(C)O1)C1CCCC1. The predicted octanol–water partition coefficient (Wildman–Crippen LogP) is 3.38. The molecule has 0 radical (unpaired) electrons. The van der Waals surface area contributed by atoms with Crippen LogP contribution in [-0.2, 0) is 9.47 Å². The number of nitrogens with one attached hydrogen (secondary N) is 1. The Morgan fingerprint density at radius 2 is 2.00 bits per heavy atom. The van der Waals surface area contributed by atoms with E-state index in [0.29, 0.717) is 6.10 Å². The molecular formula is C17H33NO2. The summed E-state index contributed by atoms with van der Waals surface area (Å²) in [4.78, 5) is 0. The molecule has 1 saturated heterocycles. The summed E-state index contributed by atoms with van der Waals surface area (Å²) in [5, 5.41) is 3.58. The Bertz CT molecular complexity index is 274. The smallest absolute Gasteiger partial charge is 0.0631 e. The van der Waals surface area contributed by atoms with E-state index in [4.69, 9.17) is 9.47 Å². The van der Waals surface area contributed by atoms with Gasteiger partial charge in [0.25, 0.3) is 0 Å². The summed E-state index contributed by atoms with van der Waals surface area (Å²) in [5.41, 5.74) is 0.106. The van der Waals surface area contributed by atoms with Crippen molar-refractivity contribution in [3.05, 3.63) is 0 Å². The fourth-order valence-electron chi connectivity index (χ4n) is 3.91. The summed E-state index contributed by atoms with van der Waals surface area (Å²) >= 11 is 0. The van der Waals surface area contributed by atoms with Crippen LogP contribution in [0.2, 0.25) is 0 Å². The molecule has 2 aliphatic rings. The lowest BCUT2D eigenvalue weighted by molar-refractivity contribution is -0.0279. The van der Waals surface area contributed by atoms with Crippen LogP contribution in [0.4, 0.5) is 0 Å². The molecule has 1 heterocycles. The zero-order valence-electron chi connectivity index (χ0n) is 13.6. The maximum atomic E-state index is 6.21. The van der Waals surface area contributed by atoms with E-state index in [9.17, 15) is 0 Å².